The Hall–Kier alpha value is -1.14. The van der Waals surface area contributed by atoms with Gasteiger partial charge in [-0.05, 0) is 38.8 Å². The van der Waals surface area contributed by atoms with Crippen molar-refractivity contribution in [2.75, 3.05) is 37.0 Å². The second kappa shape index (κ2) is 8.12. The lowest BCUT2D eigenvalue weighted by molar-refractivity contribution is 0.191. The van der Waals surface area contributed by atoms with Crippen molar-refractivity contribution in [1.82, 2.24) is 15.0 Å². The SMILES string of the molecule is CCN(CC)c1nc(Cl)nc(NC(C)CCOC)n1. The van der Waals surface area contributed by atoms with Crippen molar-refractivity contribution in [2.24, 2.45) is 0 Å². The van der Waals surface area contributed by atoms with Crippen molar-refractivity contribution in [3.05, 3.63) is 5.28 Å². The summed E-state index contributed by atoms with van der Waals surface area (Å²) >= 11 is 5.94. The molecule has 0 aliphatic heterocycles. The maximum absolute atomic E-state index is 5.94. The van der Waals surface area contributed by atoms with Gasteiger partial charge in [-0.15, -0.1) is 0 Å². The van der Waals surface area contributed by atoms with Gasteiger partial charge in [-0.25, -0.2) is 0 Å². The summed E-state index contributed by atoms with van der Waals surface area (Å²) in [7, 11) is 1.69. The molecule has 0 aromatic carbocycles. The number of hydrogen-bond donors (Lipinski definition) is 1. The standard InChI is InChI=1S/C12H22ClN5O/c1-5-18(6-2)12-16-10(13)15-11(17-12)14-9(3)7-8-19-4/h9H,5-8H2,1-4H3,(H,14,15,16,17). The minimum atomic E-state index is 0.207. The highest BCUT2D eigenvalue weighted by atomic mass is 35.5. The molecule has 0 aliphatic carbocycles. The van der Waals surface area contributed by atoms with Gasteiger partial charge in [0.05, 0.1) is 0 Å². The maximum Gasteiger partial charge on any atom is 0.231 e. The molecular formula is C12H22ClN5O. The first kappa shape index (κ1) is 15.9. The highest BCUT2D eigenvalue weighted by molar-refractivity contribution is 6.28. The van der Waals surface area contributed by atoms with Gasteiger partial charge in [-0.1, -0.05) is 0 Å². The minimum absolute atomic E-state index is 0.207. The summed E-state index contributed by atoms with van der Waals surface area (Å²) in [5, 5.41) is 3.41. The first-order valence-corrected chi connectivity index (χ1v) is 6.90. The van der Waals surface area contributed by atoms with Crippen molar-refractivity contribution in [1.29, 1.82) is 0 Å². The molecule has 1 rings (SSSR count). The van der Waals surface area contributed by atoms with E-state index in [0.29, 0.717) is 18.5 Å². The van der Waals surface area contributed by atoms with Gasteiger partial charge < -0.3 is 15.0 Å². The van der Waals surface area contributed by atoms with Crippen molar-refractivity contribution in [3.63, 3.8) is 0 Å². The van der Waals surface area contributed by atoms with E-state index in [9.17, 15) is 0 Å². The molecule has 0 spiro atoms. The second-order valence-corrected chi connectivity index (χ2v) is 4.57. The van der Waals surface area contributed by atoms with Crippen LogP contribution in [0.2, 0.25) is 5.28 Å². The number of halogens is 1. The Balaban J connectivity index is 2.78. The van der Waals surface area contributed by atoms with Gasteiger partial charge in [0.25, 0.3) is 0 Å². The lowest BCUT2D eigenvalue weighted by Gasteiger charge is -2.20. The molecule has 1 N–H and O–H groups in total. The maximum atomic E-state index is 5.94. The van der Waals surface area contributed by atoms with Crippen LogP contribution in [0.3, 0.4) is 0 Å². The molecule has 7 heteroatoms. The minimum Gasteiger partial charge on any atom is -0.385 e. The Morgan fingerprint density at radius 2 is 1.95 bits per heavy atom. The predicted octanol–water partition coefficient (Wildman–Crippen LogP) is 2.21. The quantitative estimate of drug-likeness (QED) is 0.791. The lowest BCUT2D eigenvalue weighted by Crippen LogP contribution is -2.26. The number of aromatic nitrogens is 3. The molecule has 0 aliphatic rings. The molecule has 0 fully saturated rings. The van der Waals surface area contributed by atoms with Crippen molar-refractivity contribution >= 4 is 23.5 Å². The molecular weight excluding hydrogens is 266 g/mol. The predicted molar refractivity (Wildman–Crippen MR) is 78.0 cm³/mol. The van der Waals surface area contributed by atoms with Gasteiger partial charge in [0.2, 0.25) is 17.2 Å². The fourth-order valence-electron chi connectivity index (χ4n) is 1.64. The number of ether oxygens (including phenoxy) is 1. The number of rotatable bonds is 8. The number of anilines is 2. The number of nitrogens with one attached hydrogen (secondary N) is 1. The molecule has 1 aromatic heterocycles. The summed E-state index contributed by atoms with van der Waals surface area (Å²) in [6, 6.07) is 0.211. The van der Waals surface area contributed by atoms with E-state index >= 15 is 0 Å². The largest absolute Gasteiger partial charge is 0.385 e. The van der Waals surface area contributed by atoms with Crippen molar-refractivity contribution in [2.45, 2.75) is 33.2 Å². The van der Waals surface area contributed by atoms with Gasteiger partial charge in [0.1, 0.15) is 0 Å². The van der Waals surface area contributed by atoms with Crippen LogP contribution >= 0.6 is 11.6 Å². The van der Waals surface area contributed by atoms with Gasteiger partial charge in [-0.3, -0.25) is 0 Å². The van der Waals surface area contributed by atoms with E-state index in [4.69, 9.17) is 16.3 Å². The van der Waals surface area contributed by atoms with Crippen LogP contribution in [0.5, 0.6) is 0 Å². The molecule has 0 bridgehead atoms. The van der Waals surface area contributed by atoms with Crippen LogP contribution in [0.25, 0.3) is 0 Å². The molecule has 1 aromatic rings. The highest BCUT2D eigenvalue weighted by Crippen LogP contribution is 2.14. The van der Waals surface area contributed by atoms with Crippen LogP contribution in [0.4, 0.5) is 11.9 Å². The molecule has 108 valence electrons. The van der Waals surface area contributed by atoms with Gasteiger partial charge in [0.15, 0.2) is 0 Å². The van der Waals surface area contributed by atoms with E-state index in [1.807, 2.05) is 11.8 Å². The van der Waals surface area contributed by atoms with Crippen molar-refractivity contribution < 1.29 is 4.74 Å². The Morgan fingerprint density at radius 3 is 2.53 bits per heavy atom. The fourth-order valence-corrected chi connectivity index (χ4v) is 1.79. The highest BCUT2D eigenvalue weighted by Gasteiger charge is 2.11. The third-order valence-electron chi connectivity index (χ3n) is 2.77. The van der Waals surface area contributed by atoms with E-state index in [0.717, 1.165) is 19.5 Å². The van der Waals surface area contributed by atoms with E-state index in [1.54, 1.807) is 7.11 Å². The summed E-state index contributed by atoms with van der Waals surface area (Å²) in [5.74, 6) is 1.11. The summed E-state index contributed by atoms with van der Waals surface area (Å²) < 4.78 is 5.04. The van der Waals surface area contributed by atoms with E-state index in [2.05, 4.69) is 34.1 Å². The van der Waals surface area contributed by atoms with Crippen LogP contribution < -0.4 is 10.2 Å². The molecule has 1 unspecified atom stereocenters. The molecule has 0 saturated carbocycles. The Kier molecular flexibility index (Phi) is 6.80. The van der Waals surface area contributed by atoms with Crippen LogP contribution in [-0.2, 0) is 4.74 Å². The number of hydrogen-bond acceptors (Lipinski definition) is 6. The third-order valence-corrected chi connectivity index (χ3v) is 2.94. The van der Waals surface area contributed by atoms with Gasteiger partial charge in [0, 0.05) is 32.8 Å². The van der Waals surface area contributed by atoms with Crippen LogP contribution in [-0.4, -0.2) is 47.8 Å². The van der Waals surface area contributed by atoms with Gasteiger partial charge in [-0.2, -0.15) is 15.0 Å². The van der Waals surface area contributed by atoms with Crippen LogP contribution in [0, 0.1) is 0 Å². The van der Waals surface area contributed by atoms with E-state index in [1.165, 1.54) is 0 Å². The first-order chi connectivity index (χ1) is 9.10. The normalized spacial score (nSPS) is 12.3. The van der Waals surface area contributed by atoms with Crippen molar-refractivity contribution in [3.8, 4) is 0 Å². The van der Waals surface area contributed by atoms with Crippen LogP contribution in [0.1, 0.15) is 27.2 Å². The molecule has 0 amide bonds. The molecule has 0 saturated heterocycles. The smallest absolute Gasteiger partial charge is 0.231 e. The first-order valence-electron chi connectivity index (χ1n) is 6.52. The van der Waals surface area contributed by atoms with Gasteiger partial charge >= 0.3 is 0 Å². The van der Waals surface area contributed by atoms with E-state index in [-0.39, 0.29) is 11.3 Å². The van der Waals surface area contributed by atoms with Crippen LogP contribution in [0.15, 0.2) is 0 Å². The Morgan fingerprint density at radius 1 is 1.26 bits per heavy atom. The molecule has 1 atom stereocenters. The lowest BCUT2D eigenvalue weighted by atomic mass is 10.2. The Bertz CT molecular complexity index is 386. The molecule has 0 radical (unpaired) electrons. The summed E-state index contributed by atoms with van der Waals surface area (Å²) in [6.07, 6.45) is 0.875. The molecule has 1 heterocycles. The molecule has 19 heavy (non-hydrogen) atoms. The summed E-state index contributed by atoms with van der Waals surface area (Å²) in [5.41, 5.74) is 0. The average molecular weight is 288 g/mol. The third kappa shape index (κ3) is 5.16. The Labute approximate surface area is 119 Å². The molecule has 6 nitrogen and oxygen atoms in total. The van der Waals surface area contributed by atoms with E-state index < -0.39 is 0 Å². The zero-order chi connectivity index (χ0) is 14.3. The number of methoxy groups -OCH3 is 1. The number of nitrogens with zero attached hydrogens (tertiary/aromatic N) is 4. The zero-order valence-electron chi connectivity index (χ0n) is 12.0. The monoisotopic (exact) mass is 287 g/mol. The zero-order valence-corrected chi connectivity index (χ0v) is 12.7. The summed E-state index contributed by atoms with van der Waals surface area (Å²) in [6.45, 7) is 8.50. The fraction of sp³-hybridized carbons (Fsp3) is 0.750. The summed E-state index contributed by atoms with van der Waals surface area (Å²) in [4.78, 5) is 14.7. The average Bonchev–Trinajstić information content (AvgIpc) is 2.37. The second-order valence-electron chi connectivity index (χ2n) is 4.23. The topological polar surface area (TPSA) is 63.2 Å².